The van der Waals surface area contributed by atoms with Crippen molar-refractivity contribution in [3.8, 4) is 33.8 Å². The summed E-state index contributed by atoms with van der Waals surface area (Å²) in [4.78, 5) is 14.8. The van der Waals surface area contributed by atoms with Gasteiger partial charge in [0.1, 0.15) is 0 Å². The molecule has 2 aromatic heterocycles. The molecule has 0 aliphatic heterocycles. The molecular formula is C34H25N3. The molecule has 0 saturated carbocycles. The zero-order valence-corrected chi connectivity index (χ0v) is 20.6. The van der Waals surface area contributed by atoms with Crippen molar-refractivity contribution < 1.29 is 0 Å². The van der Waals surface area contributed by atoms with Crippen molar-refractivity contribution in [2.75, 3.05) is 0 Å². The van der Waals surface area contributed by atoms with E-state index >= 15 is 0 Å². The lowest BCUT2D eigenvalue weighted by Gasteiger charge is -2.36. The van der Waals surface area contributed by atoms with E-state index in [1.54, 1.807) is 6.20 Å². The van der Waals surface area contributed by atoms with Gasteiger partial charge in [-0.05, 0) is 46.9 Å². The van der Waals surface area contributed by atoms with Crippen LogP contribution in [0.4, 0.5) is 0 Å². The van der Waals surface area contributed by atoms with Gasteiger partial charge in [-0.25, -0.2) is 9.97 Å². The number of benzene rings is 3. The van der Waals surface area contributed by atoms with Gasteiger partial charge in [0, 0.05) is 34.5 Å². The molecule has 2 aliphatic carbocycles. The molecule has 0 saturated heterocycles. The van der Waals surface area contributed by atoms with Gasteiger partial charge in [-0.15, -0.1) is 0 Å². The number of hydrogen-bond donors (Lipinski definition) is 0. The zero-order valence-electron chi connectivity index (χ0n) is 20.6. The fourth-order valence-electron chi connectivity index (χ4n) is 5.58. The SMILES string of the molecule is CC12CC=CC=C1C=Cc1c(-c3cccc4ccccc34)nc(-c3ccc(-c4cccnc4)cc3)nc12. The molecule has 5 aromatic rings. The number of pyridine rings is 1. The molecule has 1 atom stereocenters. The molecule has 0 radical (unpaired) electrons. The van der Waals surface area contributed by atoms with Crippen LogP contribution in [0.2, 0.25) is 0 Å². The second kappa shape index (κ2) is 8.49. The Hall–Kier alpha value is -4.63. The van der Waals surface area contributed by atoms with E-state index in [1.807, 2.05) is 12.3 Å². The number of aromatic nitrogens is 3. The lowest BCUT2D eigenvalue weighted by molar-refractivity contribution is 0.549. The second-order valence-corrected chi connectivity index (χ2v) is 9.92. The van der Waals surface area contributed by atoms with Crippen LogP contribution in [0, 0.1) is 0 Å². The van der Waals surface area contributed by atoms with E-state index in [4.69, 9.17) is 9.97 Å². The third-order valence-electron chi connectivity index (χ3n) is 7.66. The lowest BCUT2D eigenvalue weighted by atomic mass is 9.69. The smallest absolute Gasteiger partial charge is 0.160 e. The zero-order chi connectivity index (χ0) is 24.8. The van der Waals surface area contributed by atoms with Gasteiger partial charge < -0.3 is 0 Å². The number of nitrogens with zero attached hydrogens (tertiary/aromatic N) is 3. The van der Waals surface area contributed by atoms with Crippen LogP contribution in [0.15, 0.2) is 121 Å². The predicted octanol–water partition coefficient (Wildman–Crippen LogP) is 8.20. The third kappa shape index (κ3) is 3.54. The van der Waals surface area contributed by atoms with Crippen LogP contribution in [0.25, 0.3) is 50.6 Å². The molecule has 3 heteroatoms. The molecule has 176 valence electrons. The van der Waals surface area contributed by atoms with Gasteiger partial charge in [0.15, 0.2) is 5.82 Å². The van der Waals surface area contributed by atoms with Crippen molar-refractivity contribution in [3.63, 3.8) is 0 Å². The molecule has 0 amide bonds. The maximum Gasteiger partial charge on any atom is 0.160 e. The van der Waals surface area contributed by atoms with E-state index in [2.05, 4.69) is 115 Å². The van der Waals surface area contributed by atoms with Crippen molar-refractivity contribution in [1.82, 2.24) is 15.0 Å². The average Bonchev–Trinajstić information content (AvgIpc) is 2.97. The Bertz CT molecular complexity index is 1740. The van der Waals surface area contributed by atoms with E-state index in [0.29, 0.717) is 0 Å². The van der Waals surface area contributed by atoms with Crippen molar-refractivity contribution in [3.05, 3.63) is 132 Å². The van der Waals surface area contributed by atoms with Crippen LogP contribution in [-0.2, 0) is 5.41 Å². The summed E-state index contributed by atoms with van der Waals surface area (Å²) in [5, 5.41) is 2.41. The largest absolute Gasteiger partial charge is 0.264 e. The summed E-state index contributed by atoms with van der Waals surface area (Å²) in [6.45, 7) is 2.31. The van der Waals surface area contributed by atoms with Gasteiger partial charge in [0.05, 0.1) is 11.4 Å². The normalized spacial score (nSPS) is 17.8. The highest BCUT2D eigenvalue weighted by Crippen LogP contribution is 2.46. The minimum atomic E-state index is -0.189. The highest BCUT2D eigenvalue weighted by Gasteiger charge is 2.37. The molecule has 2 aliphatic rings. The van der Waals surface area contributed by atoms with Crippen LogP contribution >= 0.6 is 0 Å². The fraction of sp³-hybridized carbons (Fsp3) is 0.0882. The van der Waals surface area contributed by atoms with Crippen molar-refractivity contribution >= 4 is 16.8 Å². The number of fused-ring (bicyclic) bond motifs is 4. The summed E-state index contributed by atoms with van der Waals surface area (Å²) < 4.78 is 0. The topological polar surface area (TPSA) is 38.7 Å². The minimum absolute atomic E-state index is 0.189. The summed E-state index contributed by atoms with van der Waals surface area (Å²) >= 11 is 0. The van der Waals surface area contributed by atoms with Crippen LogP contribution in [0.5, 0.6) is 0 Å². The van der Waals surface area contributed by atoms with Crippen molar-refractivity contribution in [2.24, 2.45) is 0 Å². The van der Waals surface area contributed by atoms with E-state index in [0.717, 1.165) is 51.5 Å². The van der Waals surface area contributed by atoms with Crippen molar-refractivity contribution in [2.45, 2.75) is 18.8 Å². The van der Waals surface area contributed by atoms with Gasteiger partial charge in [0.25, 0.3) is 0 Å². The first-order valence-corrected chi connectivity index (χ1v) is 12.7. The van der Waals surface area contributed by atoms with E-state index < -0.39 is 0 Å². The molecule has 0 fully saturated rings. The molecule has 0 N–H and O–H groups in total. The number of allylic oxidation sites excluding steroid dienone is 5. The van der Waals surface area contributed by atoms with Gasteiger partial charge in [0.2, 0.25) is 0 Å². The molecule has 37 heavy (non-hydrogen) atoms. The molecule has 3 aromatic carbocycles. The molecule has 7 rings (SSSR count). The maximum atomic E-state index is 5.26. The first-order chi connectivity index (χ1) is 18.2. The monoisotopic (exact) mass is 475 g/mol. The Kier molecular flexibility index (Phi) is 4.97. The highest BCUT2D eigenvalue weighted by atomic mass is 14.9. The summed E-state index contributed by atoms with van der Waals surface area (Å²) in [6, 6.07) is 27.5. The van der Waals surface area contributed by atoms with Gasteiger partial charge in [-0.3, -0.25) is 4.98 Å². The first kappa shape index (κ1) is 21.6. The van der Waals surface area contributed by atoms with Gasteiger partial charge in [-0.1, -0.05) is 103 Å². The van der Waals surface area contributed by atoms with Crippen LogP contribution in [0.1, 0.15) is 24.6 Å². The standard InChI is InChI=1S/C34H25N3/c1-34-20-5-4-11-27(34)18-19-30-31(29-13-6-9-24-8-2-3-12-28(24)29)36-33(37-32(30)34)25-16-14-23(15-17-25)26-10-7-21-35-22-26/h2-19,21-22H,20H2,1H3. The summed E-state index contributed by atoms with van der Waals surface area (Å²) in [6.07, 6.45) is 15.7. The third-order valence-corrected chi connectivity index (χ3v) is 7.66. The lowest BCUT2D eigenvalue weighted by Crippen LogP contribution is -2.30. The summed E-state index contributed by atoms with van der Waals surface area (Å²) in [7, 11) is 0. The van der Waals surface area contributed by atoms with Crippen LogP contribution < -0.4 is 0 Å². The molecule has 0 spiro atoms. The van der Waals surface area contributed by atoms with Crippen LogP contribution in [0.3, 0.4) is 0 Å². The minimum Gasteiger partial charge on any atom is -0.264 e. The summed E-state index contributed by atoms with van der Waals surface area (Å²) in [5.74, 6) is 0.754. The predicted molar refractivity (Wildman–Crippen MR) is 152 cm³/mol. The quantitative estimate of drug-likeness (QED) is 0.264. The average molecular weight is 476 g/mol. The van der Waals surface area contributed by atoms with E-state index in [-0.39, 0.29) is 5.41 Å². The molecule has 0 bridgehead atoms. The first-order valence-electron chi connectivity index (χ1n) is 12.7. The van der Waals surface area contributed by atoms with Crippen LogP contribution in [-0.4, -0.2) is 15.0 Å². The summed E-state index contributed by atoms with van der Waals surface area (Å²) in [5.41, 5.74) is 8.66. The Labute approximate surface area is 216 Å². The second-order valence-electron chi connectivity index (χ2n) is 9.92. The molecular weight excluding hydrogens is 450 g/mol. The van der Waals surface area contributed by atoms with E-state index in [9.17, 15) is 0 Å². The highest BCUT2D eigenvalue weighted by molar-refractivity contribution is 5.98. The molecule has 1 unspecified atom stereocenters. The molecule has 3 nitrogen and oxygen atoms in total. The Morgan fingerprint density at radius 3 is 2.46 bits per heavy atom. The Morgan fingerprint density at radius 1 is 0.757 bits per heavy atom. The van der Waals surface area contributed by atoms with Gasteiger partial charge >= 0.3 is 0 Å². The number of hydrogen-bond acceptors (Lipinski definition) is 3. The number of rotatable bonds is 3. The van der Waals surface area contributed by atoms with Crippen molar-refractivity contribution in [1.29, 1.82) is 0 Å². The maximum absolute atomic E-state index is 5.26. The Morgan fingerprint density at radius 2 is 1.59 bits per heavy atom. The van der Waals surface area contributed by atoms with E-state index in [1.165, 1.54) is 16.3 Å². The Balaban J connectivity index is 1.46. The molecule has 2 heterocycles. The fourth-order valence-corrected chi connectivity index (χ4v) is 5.58. The van der Waals surface area contributed by atoms with Gasteiger partial charge in [-0.2, -0.15) is 0 Å².